The first-order chi connectivity index (χ1) is 32.0. The quantitative estimate of drug-likeness (QED) is 0.166. The van der Waals surface area contributed by atoms with Gasteiger partial charge in [0.05, 0.1) is 22.1 Å². The molecule has 304 valence electrons. The molecule has 65 heavy (non-hydrogen) atoms. The second-order valence-corrected chi connectivity index (χ2v) is 18.2. The van der Waals surface area contributed by atoms with Crippen LogP contribution in [0.2, 0.25) is 0 Å². The van der Waals surface area contributed by atoms with E-state index in [1.807, 2.05) is 12.4 Å². The predicted octanol–water partition coefficient (Wildman–Crippen LogP) is 15.8. The summed E-state index contributed by atoms with van der Waals surface area (Å²) < 4.78 is 4.77. The Kier molecular flexibility index (Phi) is 7.42. The normalized spacial score (nSPS) is 13.2. The zero-order chi connectivity index (χ0) is 43.0. The summed E-state index contributed by atoms with van der Waals surface area (Å²) in [6, 6.07) is 71.1. The Labute approximate surface area is 375 Å². The van der Waals surface area contributed by atoms with E-state index in [2.05, 4.69) is 217 Å². The van der Waals surface area contributed by atoms with Gasteiger partial charge in [0.1, 0.15) is 0 Å². The molecule has 13 aromatic rings. The first kappa shape index (κ1) is 36.2. The first-order valence-corrected chi connectivity index (χ1v) is 22.5. The highest BCUT2D eigenvalue weighted by molar-refractivity contribution is 6.26. The number of fused-ring (bicyclic) bond motifs is 15. The van der Waals surface area contributed by atoms with Gasteiger partial charge in [-0.3, -0.25) is 0 Å². The van der Waals surface area contributed by atoms with Crippen LogP contribution in [0.25, 0.3) is 121 Å². The van der Waals surface area contributed by atoms with Crippen molar-refractivity contribution in [3.63, 3.8) is 0 Å². The number of para-hydroxylation sites is 4. The maximum absolute atomic E-state index is 5.17. The van der Waals surface area contributed by atoms with Crippen molar-refractivity contribution in [2.24, 2.45) is 0 Å². The lowest BCUT2D eigenvalue weighted by molar-refractivity contribution is 0.661. The van der Waals surface area contributed by atoms with E-state index in [0.717, 1.165) is 50.1 Å². The number of hydrogen-bond donors (Lipinski definition) is 0. The molecule has 0 N–H and O–H groups in total. The van der Waals surface area contributed by atoms with Crippen LogP contribution in [-0.4, -0.2) is 19.1 Å². The summed E-state index contributed by atoms with van der Waals surface area (Å²) in [5.41, 5.74) is 15.1. The highest BCUT2D eigenvalue weighted by Gasteiger charge is 2.35. The van der Waals surface area contributed by atoms with Gasteiger partial charge in [-0.05, 0) is 121 Å². The minimum absolute atomic E-state index is 0.0976. The third-order valence-corrected chi connectivity index (χ3v) is 14.4. The van der Waals surface area contributed by atoms with Crippen molar-refractivity contribution in [3.05, 3.63) is 218 Å². The molecular weight excluding hydrogens is 789 g/mol. The first-order valence-electron chi connectivity index (χ1n) is 22.5. The number of aromatic nitrogens is 4. The Balaban J connectivity index is 0.954. The van der Waals surface area contributed by atoms with E-state index in [0.29, 0.717) is 5.82 Å². The smallest absolute Gasteiger partial charge is 0.159 e. The Morgan fingerprint density at radius 1 is 0.323 bits per heavy atom. The van der Waals surface area contributed by atoms with Crippen molar-refractivity contribution in [1.82, 2.24) is 19.1 Å². The average molecular weight is 829 g/mol. The number of nitrogens with zero attached hydrogens (tertiary/aromatic N) is 4. The van der Waals surface area contributed by atoms with Crippen LogP contribution in [0.15, 0.2) is 207 Å². The topological polar surface area (TPSA) is 35.6 Å². The third kappa shape index (κ3) is 5.14. The molecule has 0 saturated heterocycles. The maximum Gasteiger partial charge on any atom is 0.159 e. The van der Waals surface area contributed by atoms with Gasteiger partial charge in [-0.25, -0.2) is 9.97 Å². The second kappa shape index (κ2) is 13.3. The molecule has 0 spiro atoms. The van der Waals surface area contributed by atoms with Crippen LogP contribution in [0.3, 0.4) is 0 Å². The van der Waals surface area contributed by atoms with Crippen LogP contribution in [0, 0.1) is 0 Å². The molecule has 0 atom stereocenters. The monoisotopic (exact) mass is 828 g/mol. The highest BCUT2D eigenvalue weighted by Crippen LogP contribution is 2.51. The fraction of sp³-hybridized carbons (Fsp3) is 0.0492. The molecule has 0 saturated carbocycles. The second-order valence-electron chi connectivity index (χ2n) is 18.2. The highest BCUT2D eigenvalue weighted by atomic mass is 15.0. The number of rotatable bonds is 4. The van der Waals surface area contributed by atoms with Crippen LogP contribution in [-0.2, 0) is 5.41 Å². The van der Waals surface area contributed by atoms with Crippen LogP contribution >= 0.6 is 0 Å². The lowest BCUT2D eigenvalue weighted by atomic mass is 9.81. The van der Waals surface area contributed by atoms with E-state index in [1.54, 1.807) is 0 Å². The molecule has 10 aromatic carbocycles. The van der Waals surface area contributed by atoms with Gasteiger partial charge in [0, 0.05) is 61.9 Å². The minimum Gasteiger partial charge on any atom is -0.309 e. The van der Waals surface area contributed by atoms with Crippen molar-refractivity contribution < 1.29 is 0 Å². The summed E-state index contributed by atoms with van der Waals surface area (Å²) in [6.45, 7) is 4.73. The third-order valence-electron chi connectivity index (χ3n) is 14.4. The molecular formula is C61H40N4. The molecule has 4 heteroatoms. The molecule has 3 aromatic heterocycles. The van der Waals surface area contributed by atoms with E-state index < -0.39 is 0 Å². The lowest BCUT2D eigenvalue weighted by Gasteiger charge is -2.22. The number of benzene rings is 10. The van der Waals surface area contributed by atoms with Gasteiger partial charge < -0.3 is 9.13 Å². The van der Waals surface area contributed by atoms with E-state index in [-0.39, 0.29) is 5.41 Å². The summed E-state index contributed by atoms with van der Waals surface area (Å²) >= 11 is 0. The van der Waals surface area contributed by atoms with Gasteiger partial charge in [-0.2, -0.15) is 0 Å². The molecule has 14 rings (SSSR count). The fourth-order valence-corrected chi connectivity index (χ4v) is 11.3. The van der Waals surface area contributed by atoms with Crippen molar-refractivity contribution in [2.45, 2.75) is 19.3 Å². The van der Waals surface area contributed by atoms with E-state index in [4.69, 9.17) is 9.97 Å². The van der Waals surface area contributed by atoms with Crippen LogP contribution in [0.4, 0.5) is 0 Å². The molecule has 0 fully saturated rings. The molecule has 0 radical (unpaired) electrons. The van der Waals surface area contributed by atoms with E-state index in [9.17, 15) is 0 Å². The van der Waals surface area contributed by atoms with Crippen molar-refractivity contribution >= 4 is 75.9 Å². The Morgan fingerprint density at radius 2 is 0.769 bits per heavy atom. The van der Waals surface area contributed by atoms with Crippen molar-refractivity contribution in [3.8, 4) is 45.0 Å². The summed E-state index contributed by atoms with van der Waals surface area (Å²) in [7, 11) is 0. The van der Waals surface area contributed by atoms with Crippen LogP contribution in [0.1, 0.15) is 25.0 Å². The predicted molar refractivity (Wildman–Crippen MR) is 272 cm³/mol. The van der Waals surface area contributed by atoms with Crippen LogP contribution < -0.4 is 0 Å². The summed E-state index contributed by atoms with van der Waals surface area (Å²) in [6.07, 6.45) is 3.99. The molecule has 0 unspecified atom stereocenters. The SMILES string of the molecule is CC1(C)c2ccccc2-c2cc3c4ccccc4c4ccc(-c5cnc(-c6cc(-n7c8ccccc8c8ccccc87)cc(-n7c8ccccc8c8ccccc87)c6)nc5)cc4c3cc21. The lowest BCUT2D eigenvalue weighted by Crippen LogP contribution is -2.14. The van der Waals surface area contributed by atoms with E-state index >= 15 is 0 Å². The van der Waals surface area contributed by atoms with Gasteiger partial charge >= 0.3 is 0 Å². The molecule has 4 nitrogen and oxygen atoms in total. The molecule has 1 aliphatic rings. The standard InChI is InChI=1S/C61H40N4/c1-61(2)54-22-10-5-17-45(54)53-33-51-43-16-4-3-15-42(43)44-28-27-37(31-50(44)52(51)34-55(53)61)39-35-62-60(63-36-39)38-29-40(64-56-23-11-6-18-46(56)47-19-7-12-24-57(47)64)32-41(30-38)65-58-25-13-8-20-48(58)49-21-9-14-26-59(49)65/h3-36H,1-2H3. The molecule has 0 bridgehead atoms. The molecule has 0 aliphatic heterocycles. The van der Waals surface area contributed by atoms with Gasteiger partial charge in [-0.15, -0.1) is 0 Å². The molecule has 1 aliphatic carbocycles. The largest absolute Gasteiger partial charge is 0.309 e. The van der Waals surface area contributed by atoms with Gasteiger partial charge in [-0.1, -0.05) is 147 Å². The minimum atomic E-state index is -0.0976. The van der Waals surface area contributed by atoms with Crippen molar-refractivity contribution in [1.29, 1.82) is 0 Å². The molecule has 0 amide bonds. The Bertz CT molecular complexity index is 3910. The summed E-state index contributed by atoms with van der Waals surface area (Å²) in [5, 5.41) is 12.5. The zero-order valence-electron chi connectivity index (χ0n) is 35.9. The fourth-order valence-electron chi connectivity index (χ4n) is 11.3. The maximum atomic E-state index is 5.17. The molecule has 3 heterocycles. The van der Waals surface area contributed by atoms with Gasteiger partial charge in [0.15, 0.2) is 5.82 Å². The Hall–Kier alpha value is -8.34. The van der Waals surface area contributed by atoms with Gasteiger partial charge in [0.25, 0.3) is 0 Å². The van der Waals surface area contributed by atoms with Gasteiger partial charge in [0.2, 0.25) is 0 Å². The zero-order valence-corrected chi connectivity index (χ0v) is 35.9. The Morgan fingerprint density at radius 3 is 1.34 bits per heavy atom. The van der Waals surface area contributed by atoms with Crippen LogP contribution in [0.5, 0.6) is 0 Å². The van der Waals surface area contributed by atoms with Crippen molar-refractivity contribution in [2.75, 3.05) is 0 Å². The average Bonchev–Trinajstić information content (AvgIpc) is 3.96. The van der Waals surface area contributed by atoms with E-state index in [1.165, 1.54) is 76.1 Å². The summed E-state index contributed by atoms with van der Waals surface area (Å²) in [4.78, 5) is 10.3. The number of hydrogen-bond acceptors (Lipinski definition) is 2. The summed E-state index contributed by atoms with van der Waals surface area (Å²) in [5.74, 6) is 0.674.